The number of hydrogen-bond donors (Lipinski definition) is 2. The fourth-order valence-corrected chi connectivity index (χ4v) is 4.94. The summed E-state index contributed by atoms with van der Waals surface area (Å²) in [5.74, 6) is -0.0643. The summed E-state index contributed by atoms with van der Waals surface area (Å²) in [6.45, 7) is 2.57. The Hall–Kier alpha value is -2.98. The standard InChI is InChI=1S/C23H24FN5O2S2/c24-19-9-5-17(6-10-19)14-26-22-27-28-23(33-22)32-15-20(30)25-13-16-3-7-18(8-4-16)21(31)29-11-1-2-12-29/h3-10H,1-2,11-15H2,(H,25,30)(H,26,27). The molecule has 2 N–H and O–H groups in total. The lowest BCUT2D eigenvalue weighted by molar-refractivity contribution is -0.118. The minimum atomic E-state index is -0.267. The minimum Gasteiger partial charge on any atom is -0.356 e. The van der Waals surface area contributed by atoms with Gasteiger partial charge in [-0.15, -0.1) is 10.2 Å². The van der Waals surface area contributed by atoms with E-state index in [2.05, 4.69) is 20.8 Å². The van der Waals surface area contributed by atoms with Crippen molar-refractivity contribution in [3.63, 3.8) is 0 Å². The first-order valence-corrected chi connectivity index (χ1v) is 12.5. The molecule has 1 fully saturated rings. The number of nitrogens with zero attached hydrogens (tertiary/aromatic N) is 3. The van der Waals surface area contributed by atoms with Crippen LogP contribution in [-0.2, 0) is 17.9 Å². The highest BCUT2D eigenvalue weighted by atomic mass is 32.2. The van der Waals surface area contributed by atoms with Crippen LogP contribution in [-0.4, -0.2) is 45.8 Å². The number of rotatable bonds is 9. The fourth-order valence-electron chi connectivity index (χ4n) is 3.37. The summed E-state index contributed by atoms with van der Waals surface area (Å²) in [7, 11) is 0. The van der Waals surface area contributed by atoms with Gasteiger partial charge in [-0.1, -0.05) is 47.4 Å². The van der Waals surface area contributed by atoms with Gasteiger partial charge in [0.1, 0.15) is 5.82 Å². The Morgan fingerprint density at radius 2 is 1.64 bits per heavy atom. The first-order chi connectivity index (χ1) is 16.1. The summed E-state index contributed by atoms with van der Waals surface area (Å²) >= 11 is 2.69. The van der Waals surface area contributed by atoms with Gasteiger partial charge in [-0.2, -0.15) is 0 Å². The van der Waals surface area contributed by atoms with Crippen molar-refractivity contribution < 1.29 is 14.0 Å². The van der Waals surface area contributed by atoms with Crippen molar-refractivity contribution in [2.45, 2.75) is 30.3 Å². The van der Waals surface area contributed by atoms with Gasteiger partial charge in [-0.25, -0.2) is 4.39 Å². The van der Waals surface area contributed by atoms with E-state index >= 15 is 0 Å². The topological polar surface area (TPSA) is 87.2 Å². The van der Waals surface area contributed by atoms with E-state index in [1.807, 2.05) is 29.2 Å². The number of carbonyl (C=O) groups is 2. The number of thioether (sulfide) groups is 1. The third-order valence-corrected chi connectivity index (χ3v) is 7.19. The number of halogens is 1. The molecule has 1 aliphatic heterocycles. The molecule has 7 nitrogen and oxygen atoms in total. The Balaban J connectivity index is 1.17. The van der Waals surface area contributed by atoms with E-state index in [4.69, 9.17) is 0 Å². The lowest BCUT2D eigenvalue weighted by atomic mass is 10.1. The maximum atomic E-state index is 13.0. The summed E-state index contributed by atoms with van der Waals surface area (Å²) in [6, 6.07) is 13.6. The number of amides is 2. The van der Waals surface area contributed by atoms with E-state index in [1.165, 1.54) is 35.2 Å². The molecule has 2 amide bonds. The highest BCUT2D eigenvalue weighted by Crippen LogP contribution is 2.25. The molecular formula is C23H24FN5O2S2. The van der Waals surface area contributed by atoms with Crippen LogP contribution in [0.15, 0.2) is 52.9 Å². The summed E-state index contributed by atoms with van der Waals surface area (Å²) in [5, 5.41) is 14.8. The molecule has 0 saturated carbocycles. The number of benzene rings is 2. The average Bonchev–Trinajstić information content (AvgIpc) is 3.53. The lowest BCUT2D eigenvalue weighted by Crippen LogP contribution is -2.27. The molecule has 33 heavy (non-hydrogen) atoms. The van der Waals surface area contributed by atoms with E-state index in [9.17, 15) is 14.0 Å². The molecule has 10 heteroatoms. The minimum absolute atomic E-state index is 0.0723. The third-order valence-electron chi connectivity index (χ3n) is 5.17. The molecule has 0 spiro atoms. The molecule has 0 aliphatic carbocycles. The van der Waals surface area contributed by atoms with E-state index in [-0.39, 0.29) is 23.4 Å². The molecule has 2 heterocycles. The molecule has 0 bridgehead atoms. The monoisotopic (exact) mass is 485 g/mol. The quantitative estimate of drug-likeness (QED) is 0.447. The summed E-state index contributed by atoms with van der Waals surface area (Å²) in [4.78, 5) is 26.5. The Labute approximate surface area is 199 Å². The normalized spacial score (nSPS) is 13.2. The fraction of sp³-hybridized carbons (Fsp3) is 0.304. The molecule has 3 aromatic rings. The van der Waals surface area contributed by atoms with Crippen molar-refractivity contribution in [2.75, 3.05) is 24.2 Å². The van der Waals surface area contributed by atoms with Crippen LogP contribution in [0.25, 0.3) is 0 Å². The van der Waals surface area contributed by atoms with E-state index in [0.717, 1.165) is 37.1 Å². The van der Waals surface area contributed by atoms with Crippen LogP contribution in [0.1, 0.15) is 34.3 Å². The number of likely N-dealkylation sites (tertiary alicyclic amines) is 1. The second-order valence-corrected chi connectivity index (χ2v) is 9.81. The highest BCUT2D eigenvalue weighted by Gasteiger charge is 2.19. The van der Waals surface area contributed by atoms with Crippen LogP contribution in [0.4, 0.5) is 9.52 Å². The number of anilines is 1. The molecule has 1 aromatic heterocycles. The largest absolute Gasteiger partial charge is 0.356 e. The van der Waals surface area contributed by atoms with Gasteiger partial charge in [-0.3, -0.25) is 9.59 Å². The number of nitrogens with one attached hydrogen (secondary N) is 2. The molecular weight excluding hydrogens is 461 g/mol. The molecule has 0 atom stereocenters. The van der Waals surface area contributed by atoms with Gasteiger partial charge in [0.15, 0.2) is 4.34 Å². The molecule has 0 radical (unpaired) electrons. The molecule has 2 aromatic carbocycles. The van der Waals surface area contributed by atoms with Crippen LogP contribution in [0.5, 0.6) is 0 Å². The van der Waals surface area contributed by atoms with E-state index in [1.54, 1.807) is 12.1 Å². The molecule has 1 aliphatic rings. The number of hydrogen-bond acceptors (Lipinski definition) is 7. The maximum absolute atomic E-state index is 13.0. The van der Waals surface area contributed by atoms with Crippen LogP contribution in [0.3, 0.4) is 0 Å². The summed E-state index contributed by atoms with van der Waals surface area (Å²) in [5.41, 5.74) is 2.56. The number of carbonyl (C=O) groups excluding carboxylic acids is 2. The SMILES string of the molecule is O=C(CSc1nnc(NCc2ccc(F)cc2)s1)NCc1ccc(C(=O)N2CCCC2)cc1. The summed E-state index contributed by atoms with van der Waals surface area (Å²) in [6.07, 6.45) is 2.14. The smallest absolute Gasteiger partial charge is 0.253 e. The zero-order valence-electron chi connectivity index (χ0n) is 17.9. The molecule has 0 unspecified atom stereocenters. The molecule has 1 saturated heterocycles. The van der Waals surface area contributed by atoms with E-state index in [0.29, 0.717) is 28.1 Å². The zero-order chi connectivity index (χ0) is 23.0. The van der Waals surface area contributed by atoms with Crippen molar-refractivity contribution in [3.05, 3.63) is 71.0 Å². The third kappa shape index (κ3) is 6.75. The van der Waals surface area contributed by atoms with Crippen LogP contribution in [0, 0.1) is 5.82 Å². The van der Waals surface area contributed by atoms with Crippen molar-refractivity contribution in [1.82, 2.24) is 20.4 Å². The van der Waals surface area contributed by atoms with Crippen LogP contribution < -0.4 is 10.6 Å². The van der Waals surface area contributed by atoms with Crippen molar-refractivity contribution in [1.29, 1.82) is 0 Å². The Kier molecular flexibility index (Phi) is 7.90. The van der Waals surface area contributed by atoms with Gasteiger partial charge in [0.25, 0.3) is 5.91 Å². The Morgan fingerprint density at radius 3 is 2.36 bits per heavy atom. The van der Waals surface area contributed by atoms with Gasteiger partial charge in [0.05, 0.1) is 5.75 Å². The highest BCUT2D eigenvalue weighted by molar-refractivity contribution is 8.01. The first-order valence-electron chi connectivity index (χ1n) is 10.7. The van der Waals surface area contributed by atoms with Gasteiger partial charge >= 0.3 is 0 Å². The van der Waals surface area contributed by atoms with Gasteiger partial charge in [-0.05, 0) is 48.2 Å². The van der Waals surface area contributed by atoms with Gasteiger partial charge in [0, 0.05) is 31.7 Å². The van der Waals surface area contributed by atoms with Crippen LogP contribution >= 0.6 is 23.1 Å². The van der Waals surface area contributed by atoms with Gasteiger partial charge in [0.2, 0.25) is 11.0 Å². The number of aromatic nitrogens is 2. The van der Waals surface area contributed by atoms with Crippen molar-refractivity contribution >= 4 is 40.0 Å². The van der Waals surface area contributed by atoms with Gasteiger partial charge < -0.3 is 15.5 Å². The average molecular weight is 486 g/mol. The predicted octanol–water partition coefficient (Wildman–Crippen LogP) is 3.93. The maximum Gasteiger partial charge on any atom is 0.253 e. The van der Waals surface area contributed by atoms with Crippen LogP contribution in [0.2, 0.25) is 0 Å². The molecule has 4 rings (SSSR count). The van der Waals surface area contributed by atoms with Crippen molar-refractivity contribution in [2.24, 2.45) is 0 Å². The first kappa shape index (κ1) is 23.2. The Bertz CT molecular complexity index is 1080. The Morgan fingerprint density at radius 1 is 0.970 bits per heavy atom. The predicted molar refractivity (Wildman–Crippen MR) is 128 cm³/mol. The van der Waals surface area contributed by atoms with Crippen molar-refractivity contribution in [3.8, 4) is 0 Å². The molecule has 172 valence electrons. The zero-order valence-corrected chi connectivity index (χ0v) is 19.6. The van der Waals surface area contributed by atoms with E-state index < -0.39 is 0 Å². The second-order valence-electron chi connectivity index (χ2n) is 7.61. The lowest BCUT2D eigenvalue weighted by Gasteiger charge is -2.15. The second kappa shape index (κ2) is 11.2. The summed E-state index contributed by atoms with van der Waals surface area (Å²) < 4.78 is 13.7.